The molecule has 0 atom stereocenters. The Labute approximate surface area is 128 Å². The molecule has 0 saturated carbocycles. The first-order chi connectivity index (χ1) is 10.5. The summed E-state index contributed by atoms with van der Waals surface area (Å²) in [5, 5.41) is 2.73. The molecule has 0 aliphatic rings. The summed E-state index contributed by atoms with van der Waals surface area (Å²) >= 11 is 4.87. The Morgan fingerprint density at radius 2 is 1.59 bits per heavy atom. The minimum Gasteiger partial charge on any atom is -0.357 e. The SMILES string of the molecule is Fc1nc(F)c(F)c(NNC(=S)NCc2ccccc2)c1F. The molecule has 0 aliphatic heterocycles. The van der Waals surface area contributed by atoms with Gasteiger partial charge in [-0.1, -0.05) is 30.3 Å². The Morgan fingerprint density at radius 1 is 1.00 bits per heavy atom. The molecule has 22 heavy (non-hydrogen) atoms. The van der Waals surface area contributed by atoms with Crippen LogP contribution in [-0.2, 0) is 6.54 Å². The zero-order valence-electron chi connectivity index (χ0n) is 11.0. The molecule has 9 heteroatoms. The fraction of sp³-hybridized carbons (Fsp3) is 0.0769. The average Bonchev–Trinajstić information content (AvgIpc) is 2.52. The molecule has 0 saturated heterocycles. The summed E-state index contributed by atoms with van der Waals surface area (Å²) in [4.78, 5) is 2.44. The lowest BCUT2D eigenvalue weighted by molar-refractivity contribution is 0.410. The predicted molar refractivity (Wildman–Crippen MR) is 76.7 cm³/mol. The molecule has 0 bridgehead atoms. The highest BCUT2D eigenvalue weighted by molar-refractivity contribution is 7.80. The van der Waals surface area contributed by atoms with Crippen LogP contribution in [0.4, 0.5) is 23.2 Å². The molecule has 1 aromatic heterocycles. The molecule has 0 fully saturated rings. The lowest BCUT2D eigenvalue weighted by Gasteiger charge is -2.13. The van der Waals surface area contributed by atoms with E-state index in [-0.39, 0.29) is 5.11 Å². The molecule has 4 nitrogen and oxygen atoms in total. The van der Waals surface area contributed by atoms with Gasteiger partial charge in [-0.25, -0.2) is 0 Å². The third-order valence-corrected chi connectivity index (χ3v) is 2.84. The van der Waals surface area contributed by atoms with E-state index >= 15 is 0 Å². The van der Waals surface area contributed by atoms with E-state index < -0.39 is 29.2 Å². The van der Waals surface area contributed by atoms with Crippen LogP contribution in [-0.4, -0.2) is 10.1 Å². The molecule has 0 amide bonds. The van der Waals surface area contributed by atoms with Crippen LogP contribution in [0, 0.1) is 23.5 Å². The Balaban J connectivity index is 1.94. The molecule has 2 rings (SSSR count). The van der Waals surface area contributed by atoms with Gasteiger partial charge in [0.05, 0.1) is 0 Å². The van der Waals surface area contributed by atoms with Gasteiger partial charge in [0.2, 0.25) is 11.6 Å². The third kappa shape index (κ3) is 3.82. The van der Waals surface area contributed by atoms with Crippen molar-refractivity contribution in [3.8, 4) is 0 Å². The summed E-state index contributed by atoms with van der Waals surface area (Å²) in [6, 6.07) is 9.20. The Hall–Kier alpha value is -2.42. The minimum absolute atomic E-state index is 0.0136. The first-order valence-electron chi connectivity index (χ1n) is 6.03. The maximum atomic E-state index is 13.3. The van der Waals surface area contributed by atoms with Crippen molar-refractivity contribution in [2.45, 2.75) is 6.54 Å². The fourth-order valence-corrected chi connectivity index (χ4v) is 1.66. The first kappa shape index (κ1) is 16.0. The number of nitrogens with zero attached hydrogens (tertiary/aromatic N) is 1. The van der Waals surface area contributed by atoms with Gasteiger partial charge in [0.15, 0.2) is 5.11 Å². The van der Waals surface area contributed by atoms with Crippen molar-refractivity contribution in [3.63, 3.8) is 0 Å². The number of hydrazine groups is 1. The highest BCUT2D eigenvalue weighted by Gasteiger charge is 2.20. The molecule has 3 N–H and O–H groups in total. The van der Waals surface area contributed by atoms with E-state index in [0.29, 0.717) is 6.54 Å². The summed E-state index contributed by atoms with van der Waals surface area (Å²) in [5.74, 6) is -6.83. The van der Waals surface area contributed by atoms with Crippen LogP contribution < -0.4 is 16.2 Å². The number of hydrogen-bond acceptors (Lipinski definition) is 3. The van der Waals surface area contributed by atoms with Crippen molar-refractivity contribution in [1.29, 1.82) is 0 Å². The highest BCUT2D eigenvalue weighted by atomic mass is 32.1. The number of thiocarbonyl (C=S) groups is 1. The number of nitrogens with one attached hydrogen (secondary N) is 3. The molecule has 1 heterocycles. The van der Waals surface area contributed by atoms with Gasteiger partial charge in [-0.15, -0.1) is 0 Å². The monoisotopic (exact) mass is 330 g/mol. The van der Waals surface area contributed by atoms with E-state index in [9.17, 15) is 17.6 Å². The van der Waals surface area contributed by atoms with Crippen molar-refractivity contribution in [1.82, 2.24) is 15.7 Å². The van der Waals surface area contributed by atoms with Gasteiger partial charge in [0.1, 0.15) is 5.69 Å². The molecule has 1 aromatic carbocycles. The number of halogens is 4. The van der Waals surface area contributed by atoms with E-state index in [1.54, 1.807) is 0 Å². The van der Waals surface area contributed by atoms with Crippen LogP contribution in [0.25, 0.3) is 0 Å². The molecule has 0 radical (unpaired) electrons. The van der Waals surface area contributed by atoms with Crippen LogP contribution in [0.2, 0.25) is 0 Å². The van der Waals surface area contributed by atoms with Crippen LogP contribution in [0.3, 0.4) is 0 Å². The van der Waals surface area contributed by atoms with Crippen molar-refractivity contribution in [2.75, 3.05) is 5.43 Å². The smallest absolute Gasteiger partial charge is 0.254 e. The standard InChI is InChI=1S/C13H10F4N4S/c14-8-10(9(15)12(17)19-11(8)16)20-21-13(22)18-6-7-4-2-1-3-5-7/h1-5H,6H2,(H,19,20)(H2,18,21,22). The van der Waals surface area contributed by atoms with Gasteiger partial charge in [0.25, 0.3) is 11.9 Å². The Kier molecular flexibility index (Phi) is 5.10. The summed E-state index contributed by atoms with van der Waals surface area (Å²) in [6.07, 6.45) is 0. The molecule has 116 valence electrons. The third-order valence-electron chi connectivity index (χ3n) is 2.59. The maximum Gasteiger partial charge on any atom is 0.254 e. The normalized spacial score (nSPS) is 10.2. The molecule has 0 unspecified atom stereocenters. The van der Waals surface area contributed by atoms with Gasteiger partial charge in [-0.3, -0.25) is 10.9 Å². The molecule has 0 aliphatic carbocycles. The van der Waals surface area contributed by atoms with E-state index in [4.69, 9.17) is 12.2 Å². The average molecular weight is 330 g/mol. The number of anilines is 1. The first-order valence-corrected chi connectivity index (χ1v) is 6.43. The Bertz CT molecular complexity index is 655. The van der Waals surface area contributed by atoms with E-state index in [1.807, 2.05) is 35.8 Å². The van der Waals surface area contributed by atoms with Gasteiger partial charge < -0.3 is 5.32 Å². The lowest BCUT2D eigenvalue weighted by atomic mass is 10.2. The van der Waals surface area contributed by atoms with Crippen molar-refractivity contribution >= 4 is 23.0 Å². The second-order valence-electron chi connectivity index (χ2n) is 4.11. The van der Waals surface area contributed by atoms with Crippen molar-refractivity contribution in [2.24, 2.45) is 0 Å². The van der Waals surface area contributed by atoms with E-state index in [0.717, 1.165) is 5.56 Å². The van der Waals surface area contributed by atoms with E-state index in [1.165, 1.54) is 0 Å². The number of hydrogen-bond donors (Lipinski definition) is 3. The second kappa shape index (κ2) is 7.03. The quantitative estimate of drug-likeness (QED) is 0.348. The van der Waals surface area contributed by atoms with Crippen molar-refractivity contribution < 1.29 is 17.6 Å². The summed E-state index contributed by atoms with van der Waals surface area (Å²) < 4.78 is 52.5. The zero-order chi connectivity index (χ0) is 16.1. The lowest BCUT2D eigenvalue weighted by Crippen LogP contribution is -2.39. The topological polar surface area (TPSA) is 49.0 Å². The molecular weight excluding hydrogens is 320 g/mol. The minimum atomic E-state index is -1.76. The van der Waals surface area contributed by atoms with Crippen LogP contribution in [0.15, 0.2) is 30.3 Å². The number of rotatable bonds is 4. The molecule has 0 spiro atoms. The van der Waals surface area contributed by atoms with Crippen LogP contribution >= 0.6 is 12.2 Å². The number of pyridine rings is 1. The second-order valence-corrected chi connectivity index (χ2v) is 4.52. The molecular formula is C13H10F4N4S. The fourth-order valence-electron chi connectivity index (χ4n) is 1.54. The maximum absolute atomic E-state index is 13.3. The number of benzene rings is 1. The highest BCUT2D eigenvalue weighted by Crippen LogP contribution is 2.20. The largest absolute Gasteiger partial charge is 0.357 e. The van der Waals surface area contributed by atoms with Crippen LogP contribution in [0.1, 0.15) is 5.56 Å². The van der Waals surface area contributed by atoms with E-state index in [2.05, 4.69) is 15.7 Å². The van der Waals surface area contributed by atoms with Gasteiger partial charge in [-0.05, 0) is 17.8 Å². The van der Waals surface area contributed by atoms with Gasteiger partial charge in [0, 0.05) is 6.54 Å². The number of aromatic nitrogens is 1. The van der Waals surface area contributed by atoms with Gasteiger partial charge in [-0.2, -0.15) is 22.5 Å². The molecule has 2 aromatic rings. The predicted octanol–water partition coefficient (Wildman–Crippen LogP) is 2.63. The Morgan fingerprint density at radius 3 is 2.18 bits per heavy atom. The summed E-state index contributed by atoms with van der Waals surface area (Å²) in [5.41, 5.74) is 4.08. The zero-order valence-corrected chi connectivity index (χ0v) is 11.8. The summed E-state index contributed by atoms with van der Waals surface area (Å²) in [6.45, 7) is 0.360. The van der Waals surface area contributed by atoms with Gasteiger partial charge >= 0.3 is 0 Å². The summed E-state index contributed by atoms with van der Waals surface area (Å²) in [7, 11) is 0. The van der Waals surface area contributed by atoms with Crippen molar-refractivity contribution in [3.05, 3.63) is 59.4 Å². The van der Waals surface area contributed by atoms with Crippen LogP contribution in [0.5, 0.6) is 0 Å².